The third kappa shape index (κ3) is 5.91. The maximum absolute atomic E-state index is 10.6. The van der Waals surface area contributed by atoms with Gasteiger partial charge in [0, 0.05) is 103 Å². The molecule has 2 N–H and O–H groups in total. The Labute approximate surface area is 159 Å². The van der Waals surface area contributed by atoms with Gasteiger partial charge in [-0.05, 0) is 6.26 Å². The number of hydrogen-bond acceptors (Lipinski definition) is 4. The van der Waals surface area contributed by atoms with Crippen molar-refractivity contribution in [2.75, 3.05) is 6.26 Å². The second-order valence-corrected chi connectivity index (χ2v) is 2.41. The number of aromatic nitrogens is 2. The molecule has 1 rings (SSSR count). The molecule has 1 aromatic heterocycles. The summed E-state index contributed by atoms with van der Waals surface area (Å²) in [5.41, 5.74) is -0.336. The molecule has 0 bridgehead atoms. The van der Waals surface area contributed by atoms with E-state index < -0.39 is 0 Å². The van der Waals surface area contributed by atoms with Crippen LogP contribution in [0, 0.1) is 0 Å². The van der Waals surface area contributed by atoms with Gasteiger partial charge in [-0.2, -0.15) is 4.98 Å². The van der Waals surface area contributed by atoms with Gasteiger partial charge in [-0.25, -0.2) is 0 Å². The molecule has 4 nitrogen and oxygen atoms in total. The van der Waals surface area contributed by atoms with E-state index in [1.54, 1.807) is 6.26 Å². The zero-order chi connectivity index (χ0) is 7.56. The van der Waals surface area contributed by atoms with Crippen LogP contribution in [0.25, 0.3) is 0 Å². The smallest absolute Gasteiger partial charge is 0.255 e. The van der Waals surface area contributed by atoms with Crippen LogP contribution in [-0.4, -0.2) is 124 Å². The van der Waals surface area contributed by atoms with Crippen LogP contribution in [0.3, 0.4) is 0 Å². The minimum absolute atomic E-state index is 0. The van der Waals surface area contributed by atoms with Crippen LogP contribution in [0.15, 0.2) is 16.0 Å². The van der Waals surface area contributed by atoms with Crippen LogP contribution in [-0.2, 0) is 0 Å². The molecular weight excluding hydrogens is 230 g/mol. The minimum Gasteiger partial charge on any atom is -0.493 e. The summed E-state index contributed by atoms with van der Waals surface area (Å²) in [7, 11) is 0. The van der Waals surface area contributed by atoms with E-state index in [0.29, 0.717) is 5.16 Å². The van der Waals surface area contributed by atoms with Crippen molar-refractivity contribution in [3.8, 4) is 5.88 Å². The molecule has 1 heterocycles. The molecule has 0 amide bonds. The topological polar surface area (TPSA) is 66.0 Å². The van der Waals surface area contributed by atoms with E-state index >= 15 is 0 Å². The van der Waals surface area contributed by atoms with E-state index in [1.807, 2.05) is 0 Å². The number of rotatable bonds is 1. The molecule has 56 valence electrons. The molecule has 0 atom stereocenters. The number of aromatic amines is 1. The summed E-state index contributed by atoms with van der Waals surface area (Å²) in [5, 5.41) is 9.20. The summed E-state index contributed by atoms with van der Waals surface area (Å²) >= 11 is 1.27. The van der Waals surface area contributed by atoms with Crippen molar-refractivity contribution < 1.29 is 5.11 Å². The molecular formula is C5H6K2N2O2S. The fraction of sp³-hybridized carbons (Fsp3) is 0.200. The molecule has 0 spiro atoms. The van der Waals surface area contributed by atoms with Crippen LogP contribution in [0.5, 0.6) is 5.88 Å². The van der Waals surface area contributed by atoms with E-state index in [0.717, 1.165) is 6.07 Å². The van der Waals surface area contributed by atoms with Crippen LogP contribution in [0.2, 0.25) is 0 Å². The molecule has 12 heavy (non-hydrogen) atoms. The molecule has 0 fully saturated rings. The van der Waals surface area contributed by atoms with Gasteiger partial charge in [-0.1, -0.05) is 11.8 Å². The van der Waals surface area contributed by atoms with Gasteiger partial charge in [0.05, 0.1) is 6.07 Å². The molecule has 0 unspecified atom stereocenters. The van der Waals surface area contributed by atoms with E-state index in [-0.39, 0.29) is 114 Å². The minimum atomic E-state index is -0.336. The van der Waals surface area contributed by atoms with Crippen molar-refractivity contribution >= 4 is 115 Å². The molecule has 0 saturated heterocycles. The van der Waals surface area contributed by atoms with Gasteiger partial charge in [-0.3, -0.25) is 4.79 Å². The zero-order valence-electron chi connectivity index (χ0n) is 7.29. The first-order valence-electron chi connectivity index (χ1n) is 2.56. The van der Waals surface area contributed by atoms with Crippen molar-refractivity contribution in [3.63, 3.8) is 0 Å². The first kappa shape index (κ1) is 16.7. The van der Waals surface area contributed by atoms with Crippen molar-refractivity contribution in [2.45, 2.75) is 5.16 Å². The van der Waals surface area contributed by atoms with Gasteiger partial charge < -0.3 is 10.1 Å². The summed E-state index contributed by atoms with van der Waals surface area (Å²) in [6.45, 7) is 0. The molecule has 0 aliphatic carbocycles. The summed E-state index contributed by atoms with van der Waals surface area (Å²) in [4.78, 5) is 16.7. The van der Waals surface area contributed by atoms with Crippen LogP contribution in [0.1, 0.15) is 0 Å². The summed E-state index contributed by atoms with van der Waals surface area (Å²) in [6, 6.07) is 1.03. The fourth-order valence-corrected chi connectivity index (χ4v) is 0.907. The van der Waals surface area contributed by atoms with Crippen LogP contribution >= 0.6 is 11.8 Å². The summed E-state index contributed by atoms with van der Waals surface area (Å²) in [6.07, 6.45) is 1.76. The van der Waals surface area contributed by atoms with Crippen molar-refractivity contribution in [1.82, 2.24) is 9.97 Å². The SMILES string of the molecule is CSc1nc(O)cc(=O)[nH]1.[K].[K]. The number of nitrogens with one attached hydrogen (secondary N) is 1. The Morgan fingerprint density at radius 2 is 2.17 bits per heavy atom. The number of H-pyrrole nitrogens is 1. The van der Waals surface area contributed by atoms with E-state index in [1.165, 1.54) is 11.8 Å². The third-order valence-corrected chi connectivity index (χ3v) is 1.48. The molecule has 0 aliphatic heterocycles. The van der Waals surface area contributed by atoms with Gasteiger partial charge in [0.25, 0.3) is 5.56 Å². The van der Waals surface area contributed by atoms with Gasteiger partial charge in [-0.15, -0.1) is 0 Å². The quantitative estimate of drug-likeness (QED) is 0.389. The van der Waals surface area contributed by atoms with Gasteiger partial charge in [0.2, 0.25) is 5.88 Å². The zero-order valence-corrected chi connectivity index (χ0v) is 14.4. The average molecular weight is 236 g/mol. The number of aromatic hydroxyl groups is 1. The third-order valence-electron chi connectivity index (χ3n) is 0.900. The van der Waals surface area contributed by atoms with E-state index in [4.69, 9.17) is 5.11 Å². The number of nitrogens with zero attached hydrogens (tertiary/aromatic N) is 1. The Hall–Kier alpha value is 2.30. The first-order chi connectivity index (χ1) is 4.72. The fourth-order valence-electron chi connectivity index (χ4n) is 0.520. The van der Waals surface area contributed by atoms with Crippen LogP contribution < -0.4 is 5.56 Å². The first-order valence-corrected chi connectivity index (χ1v) is 3.79. The monoisotopic (exact) mass is 236 g/mol. The summed E-state index contributed by atoms with van der Waals surface area (Å²) < 4.78 is 0. The number of hydrogen-bond donors (Lipinski definition) is 2. The normalized spacial score (nSPS) is 8.08. The molecule has 2 radical (unpaired) electrons. The second kappa shape index (κ2) is 8.60. The average Bonchev–Trinajstić information content (AvgIpc) is 1.85. The predicted molar refractivity (Wildman–Crippen MR) is 49.8 cm³/mol. The number of thioether (sulfide) groups is 1. The largest absolute Gasteiger partial charge is 0.493 e. The van der Waals surface area contributed by atoms with Crippen molar-refractivity contribution in [2.24, 2.45) is 0 Å². The van der Waals surface area contributed by atoms with Crippen LogP contribution in [0.4, 0.5) is 0 Å². The standard InChI is InChI=1S/C5H6N2O2S.2K/c1-10-5-6-3(8)2-4(9)7-5;;/h2H,1H3,(H2,6,7,8,9);;. The maximum atomic E-state index is 10.6. The van der Waals surface area contributed by atoms with Gasteiger partial charge in [0.1, 0.15) is 0 Å². The Balaban J connectivity index is 0. The molecule has 7 heteroatoms. The molecule has 0 saturated carbocycles. The Bertz CT molecular complexity index is 291. The molecule has 0 aromatic carbocycles. The second-order valence-electron chi connectivity index (χ2n) is 1.61. The Kier molecular flexibility index (Phi) is 12.0. The van der Waals surface area contributed by atoms with Crippen molar-refractivity contribution in [1.29, 1.82) is 0 Å². The van der Waals surface area contributed by atoms with E-state index in [9.17, 15) is 4.79 Å². The van der Waals surface area contributed by atoms with Crippen molar-refractivity contribution in [3.05, 3.63) is 16.4 Å². The predicted octanol–water partition coefficient (Wildman–Crippen LogP) is -0.564. The Morgan fingerprint density at radius 3 is 2.58 bits per heavy atom. The summed E-state index contributed by atoms with van der Waals surface area (Å²) in [5.74, 6) is -0.242. The molecule has 0 aliphatic rings. The maximum Gasteiger partial charge on any atom is 0.255 e. The molecule has 1 aromatic rings. The van der Waals surface area contributed by atoms with Gasteiger partial charge in [0.15, 0.2) is 5.16 Å². The Morgan fingerprint density at radius 1 is 1.58 bits per heavy atom. The van der Waals surface area contributed by atoms with E-state index in [2.05, 4.69) is 9.97 Å². The van der Waals surface area contributed by atoms with Gasteiger partial charge >= 0.3 is 0 Å².